The first-order chi connectivity index (χ1) is 11.2. The normalized spacial score (nSPS) is 14.5. The standard InChI is InChI=1S/C17H18N3O3/c21-20(22)16-12-15(19-10-8-18-9-11-19)6-7-17(16)23-13-14-4-2-1-3-5-14/h1-7,12H,8-11,13H2. The van der Waals surface area contributed by atoms with Crippen LogP contribution >= 0.6 is 0 Å². The number of benzene rings is 2. The smallest absolute Gasteiger partial charge is 0.312 e. The minimum atomic E-state index is -0.391. The second-order valence-corrected chi connectivity index (χ2v) is 5.34. The summed E-state index contributed by atoms with van der Waals surface area (Å²) >= 11 is 0. The summed E-state index contributed by atoms with van der Waals surface area (Å²) in [5.41, 5.74) is 1.82. The molecule has 2 aromatic rings. The monoisotopic (exact) mass is 312 g/mol. The molecule has 0 aromatic heterocycles. The average molecular weight is 312 g/mol. The number of nitro benzene ring substituents is 1. The maximum absolute atomic E-state index is 11.4. The number of piperazine rings is 1. The third kappa shape index (κ3) is 3.78. The molecule has 1 radical (unpaired) electrons. The van der Waals surface area contributed by atoms with Gasteiger partial charge >= 0.3 is 5.69 Å². The van der Waals surface area contributed by atoms with Gasteiger partial charge in [-0.05, 0) is 17.7 Å². The van der Waals surface area contributed by atoms with Gasteiger partial charge in [0.1, 0.15) is 6.61 Å². The van der Waals surface area contributed by atoms with Gasteiger partial charge in [0.15, 0.2) is 5.75 Å². The predicted octanol–water partition coefficient (Wildman–Crippen LogP) is 2.60. The molecule has 0 unspecified atom stereocenters. The fraction of sp³-hybridized carbons (Fsp3) is 0.294. The van der Waals surface area contributed by atoms with Crippen LogP contribution in [-0.2, 0) is 6.61 Å². The first kappa shape index (κ1) is 15.3. The van der Waals surface area contributed by atoms with Gasteiger partial charge in [-0.15, -0.1) is 0 Å². The van der Waals surface area contributed by atoms with Crippen LogP contribution in [-0.4, -0.2) is 31.1 Å². The Labute approximate surface area is 134 Å². The van der Waals surface area contributed by atoms with E-state index < -0.39 is 4.92 Å². The summed E-state index contributed by atoms with van der Waals surface area (Å²) in [5.74, 6) is 0.296. The molecular formula is C17H18N3O3. The summed E-state index contributed by atoms with van der Waals surface area (Å²) in [4.78, 5) is 13.1. The molecule has 3 rings (SSSR count). The van der Waals surface area contributed by atoms with E-state index in [1.807, 2.05) is 36.4 Å². The highest BCUT2D eigenvalue weighted by molar-refractivity contribution is 5.60. The van der Waals surface area contributed by atoms with Gasteiger partial charge in [0.2, 0.25) is 0 Å². The van der Waals surface area contributed by atoms with Crippen LogP contribution in [0.1, 0.15) is 5.56 Å². The minimum Gasteiger partial charge on any atom is -0.482 e. The molecular weight excluding hydrogens is 294 g/mol. The Hall–Kier alpha value is -2.60. The Balaban J connectivity index is 1.78. The molecule has 119 valence electrons. The molecule has 2 aromatic carbocycles. The average Bonchev–Trinajstić information content (AvgIpc) is 2.61. The van der Waals surface area contributed by atoms with Gasteiger partial charge in [-0.25, -0.2) is 5.32 Å². The maximum atomic E-state index is 11.4. The van der Waals surface area contributed by atoms with Crippen LogP contribution in [0.5, 0.6) is 5.75 Å². The Morgan fingerprint density at radius 3 is 2.57 bits per heavy atom. The van der Waals surface area contributed by atoms with E-state index in [1.165, 1.54) is 0 Å². The van der Waals surface area contributed by atoms with Crippen LogP contribution in [0.2, 0.25) is 0 Å². The largest absolute Gasteiger partial charge is 0.482 e. The van der Waals surface area contributed by atoms with Gasteiger partial charge in [-0.1, -0.05) is 30.3 Å². The second kappa shape index (κ2) is 7.11. The van der Waals surface area contributed by atoms with Crippen molar-refractivity contribution in [3.8, 4) is 5.75 Å². The van der Waals surface area contributed by atoms with E-state index in [4.69, 9.17) is 4.74 Å². The molecule has 6 heteroatoms. The van der Waals surface area contributed by atoms with E-state index in [2.05, 4.69) is 10.2 Å². The summed E-state index contributed by atoms with van der Waals surface area (Å²) in [6, 6.07) is 14.8. The maximum Gasteiger partial charge on any atom is 0.312 e. The molecule has 0 atom stereocenters. The number of rotatable bonds is 5. The fourth-order valence-electron chi connectivity index (χ4n) is 2.57. The van der Waals surface area contributed by atoms with Gasteiger partial charge in [0.25, 0.3) is 0 Å². The highest BCUT2D eigenvalue weighted by Gasteiger charge is 2.19. The van der Waals surface area contributed by atoms with Crippen molar-refractivity contribution in [2.45, 2.75) is 6.61 Å². The first-order valence-corrected chi connectivity index (χ1v) is 7.57. The van der Waals surface area contributed by atoms with Crippen LogP contribution in [0.4, 0.5) is 11.4 Å². The molecule has 0 spiro atoms. The van der Waals surface area contributed by atoms with E-state index in [1.54, 1.807) is 12.1 Å². The number of hydrogen-bond acceptors (Lipinski definition) is 4. The lowest BCUT2D eigenvalue weighted by atomic mass is 10.2. The van der Waals surface area contributed by atoms with Crippen LogP contribution in [0, 0.1) is 10.1 Å². The van der Waals surface area contributed by atoms with E-state index in [0.717, 1.165) is 37.4 Å². The van der Waals surface area contributed by atoms with Crippen molar-refractivity contribution in [1.82, 2.24) is 5.32 Å². The van der Waals surface area contributed by atoms with Crippen LogP contribution < -0.4 is 15.0 Å². The van der Waals surface area contributed by atoms with Crippen molar-refractivity contribution >= 4 is 11.4 Å². The first-order valence-electron chi connectivity index (χ1n) is 7.57. The molecule has 1 saturated heterocycles. The molecule has 0 aliphatic carbocycles. The summed E-state index contributed by atoms with van der Waals surface area (Å²) < 4.78 is 5.65. The highest BCUT2D eigenvalue weighted by Crippen LogP contribution is 2.32. The van der Waals surface area contributed by atoms with Gasteiger partial charge < -0.3 is 9.64 Å². The summed E-state index contributed by atoms with van der Waals surface area (Å²) in [5, 5.41) is 15.6. The molecule has 0 N–H and O–H groups in total. The Morgan fingerprint density at radius 1 is 1.13 bits per heavy atom. The molecule has 1 heterocycles. The molecule has 23 heavy (non-hydrogen) atoms. The van der Waals surface area contributed by atoms with Crippen molar-refractivity contribution < 1.29 is 9.66 Å². The highest BCUT2D eigenvalue weighted by atomic mass is 16.6. The van der Waals surface area contributed by atoms with E-state index in [0.29, 0.717) is 12.4 Å². The third-order valence-corrected chi connectivity index (χ3v) is 3.80. The summed E-state index contributed by atoms with van der Waals surface area (Å²) in [7, 11) is 0. The van der Waals surface area contributed by atoms with Crippen molar-refractivity contribution in [1.29, 1.82) is 0 Å². The van der Waals surface area contributed by atoms with Crippen LogP contribution in [0.3, 0.4) is 0 Å². The lowest BCUT2D eigenvalue weighted by molar-refractivity contribution is -0.385. The number of hydrogen-bond donors (Lipinski definition) is 0. The van der Waals surface area contributed by atoms with Crippen molar-refractivity contribution in [3.63, 3.8) is 0 Å². The molecule has 0 bridgehead atoms. The van der Waals surface area contributed by atoms with Crippen molar-refractivity contribution in [3.05, 3.63) is 64.2 Å². The zero-order valence-electron chi connectivity index (χ0n) is 12.7. The van der Waals surface area contributed by atoms with Gasteiger partial charge in [-0.2, -0.15) is 0 Å². The molecule has 0 saturated carbocycles. The summed E-state index contributed by atoms with van der Waals surface area (Å²) in [6.07, 6.45) is 0. The number of nitrogens with zero attached hydrogens (tertiary/aromatic N) is 3. The molecule has 0 amide bonds. The fourth-order valence-corrected chi connectivity index (χ4v) is 2.57. The number of nitro groups is 1. The second-order valence-electron chi connectivity index (χ2n) is 5.34. The Bertz CT molecular complexity index is 670. The van der Waals surface area contributed by atoms with E-state index in [-0.39, 0.29) is 5.69 Å². The van der Waals surface area contributed by atoms with Gasteiger partial charge in [0.05, 0.1) is 4.92 Å². The zero-order valence-corrected chi connectivity index (χ0v) is 12.7. The summed E-state index contributed by atoms with van der Waals surface area (Å²) in [6.45, 7) is 3.42. The lowest BCUT2D eigenvalue weighted by Crippen LogP contribution is -2.40. The Kier molecular flexibility index (Phi) is 4.73. The van der Waals surface area contributed by atoms with E-state index in [9.17, 15) is 10.1 Å². The molecule has 1 fully saturated rings. The zero-order chi connectivity index (χ0) is 16.1. The topological polar surface area (TPSA) is 69.7 Å². The number of ether oxygens (including phenoxy) is 1. The quantitative estimate of drug-likeness (QED) is 0.628. The predicted molar refractivity (Wildman–Crippen MR) is 88.0 cm³/mol. The lowest BCUT2D eigenvalue weighted by Gasteiger charge is -2.28. The molecule has 6 nitrogen and oxygen atoms in total. The molecule has 1 aliphatic heterocycles. The van der Waals surface area contributed by atoms with Crippen molar-refractivity contribution in [2.24, 2.45) is 0 Å². The number of anilines is 1. The van der Waals surface area contributed by atoms with Crippen LogP contribution in [0.15, 0.2) is 48.5 Å². The van der Waals surface area contributed by atoms with Gasteiger partial charge in [-0.3, -0.25) is 10.1 Å². The Morgan fingerprint density at radius 2 is 1.87 bits per heavy atom. The minimum absolute atomic E-state index is 0.000873. The van der Waals surface area contributed by atoms with Crippen LogP contribution in [0.25, 0.3) is 0 Å². The van der Waals surface area contributed by atoms with E-state index >= 15 is 0 Å². The third-order valence-electron chi connectivity index (χ3n) is 3.80. The SMILES string of the molecule is O=[N+]([O-])c1cc(N2CC[N]CC2)ccc1OCc1ccccc1. The molecule has 1 aliphatic rings. The van der Waals surface area contributed by atoms with Crippen molar-refractivity contribution in [2.75, 3.05) is 31.1 Å². The van der Waals surface area contributed by atoms with Gasteiger partial charge in [0, 0.05) is 37.9 Å².